The first-order valence-electron chi connectivity index (χ1n) is 8.66. The Kier molecular flexibility index (Phi) is 6.49. The van der Waals surface area contributed by atoms with Gasteiger partial charge in [-0.3, -0.25) is 4.79 Å². The zero-order chi connectivity index (χ0) is 20.1. The standard InChI is InChI=1S/C20H20ClN3O3S/c1-14-18(19(21)24(22-14)11-15-7-4-3-5-8-15)20(26)27-13-17(25)23(2)12-16-9-6-10-28-16/h3-10H,11-13H2,1-2H3. The fraction of sp³-hybridized carbons (Fsp3) is 0.250. The molecule has 6 nitrogen and oxygen atoms in total. The number of likely N-dealkylation sites (N-methyl/N-ethyl adjacent to an activating group) is 1. The van der Waals surface area contributed by atoms with Crippen LogP contribution in [0.15, 0.2) is 47.8 Å². The van der Waals surface area contributed by atoms with Crippen LogP contribution in [0.3, 0.4) is 0 Å². The molecule has 28 heavy (non-hydrogen) atoms. The van der Waals surface area contributed by atoms with Crippen molar-refractivity contribution in [3.05, 3.63) is 74.7 Å². The fourth-order valence-electron chi connectivity index (χ4n) is 2.68. The number of halogens is 1. The van der Waals surface area contributed by atoms with Crippen LogP contribution in [0.2, 0.25) is 5.15 Å². The molecule has 1 amide bonds. The maximum absolute atomic E-state index is 12.5. The number of amides is 1. The highest BCUT2D eigenvalue weighted by atomic mass is 35.5. The van der Waals surface area contributed by atoms with Crippen molar-refractivity contribution < 1.29 is 14.3 Å². The molecule has 2 heterocycles. The smallest absolute Gasteiger partial charge is 0.343 e. The van der Waals surface area contributed by atoms with Crippen molar-refractivity contribution in [2.24, 2.45) is 0 Å². The number of thiophene rings is 1. The second kappa shape index (κ2) is 9.03. The molecule has 0 saturated heterocycles. The van der Waals surface area contributed by atoms with Gasteiger partial charge in [0.05, 0.1) is 18.8 Å². The fourth-order valence-corrected chi connectivity index (χ4v) is 3.75. The molecule has 0 aliphatic carbocycles. The Morgan fingerprint density at radius 3 is 2.64 bits per heavy atom. The van der Waals surface area contributed by atoms with Crippen molar-refractivity contribution in [3.8, 4) is 0 Å². The molecule has 0 unspecified atom stereocenters. The highest BCUT2D eigenvalue weighted by Gasteiger charge is 2.23. The van der Waals surface area contributed by atoms with E-state index in [0.29, 0.717) is 18.8 Å². The van der Waals surface area contributed by atoms with Crippen LogP contribution in [0, 0.1) is 6.92 Å². The molecule has 0 aliphatic rings. The Bertz CT molecular complexity index is 955. The van der Waals surface area contributed by atoms with Gasteiger partial charge < -0.3 is 9.64 Å². The van der Waals surface area contributed by atoms with E-state index < -0.39 is 5.97 Å². The SMILES string of the molecule is Cc1nn(Cc2ccccc2)c(Cl)c1C(=O)OCC(=O)N(C)Cc1cccs1. The van der Waals surface area contributed by atoms with E-state index in [4.69, 9.17) is 16.3 Å². The third-order valence-corrected chi connectivity index (χ3v) is 5.42. The molecule has 3 rings (SSSR count). The predicted octanol–water partition coefficient (Wildman–Crippen LogP) is 3.77. The van der Waals surface area contributed by atoms with E-state index in [0.717, 1.165) is 10.4 Å². The third-order valence-electron chi connectivity index (χ3n) is 4.17. The molecule has 8 heteroatoms. The number of hydrogen-bond donors (Lipinski definition) is 0. The van der Waals surface area contributed by atoms with E-state index in [1.807, 2.05) is 47.8 Å². The summed E-state index contributed by atoms with van der Waals surface area (Å²) in [5.41, 5.74) is 1.66. The quantitative estimate of drug-likeness (QED) is 0.549. The van der Waals surface area contributed by atoms with Gasteiger partial charge >= 0.3 is 5.97 Å². The zero-order valence-corrected chi connectivity index (χ0v) is 17.2. The van der Waals surface area contributed by atoms with Gasteiger partial charge in [0.25, 0.3) is 5.91 Å². The number of nitrogens with zero attached hydrogens (tertiary/aromatic N) is 3. The molecule has 0 atom stereocenters. The number of carbonyl (C=O) groups excluding carboxylic acids is 2. The summed E-state index contributed by atoms with van der Waals surface area (Å²) in [6.45, 7) is 2.26. The summed E-state index contributed by atoms with van der Waals surface area (Å²) in [4.78, 5) is 27.3. The second-order valence-corrected chi connectivity index (χ2v) is 7.69. The number of rotatable bonds is 7. The van der Waals surface area contributed by atoms with Crippen LogP contribution in [-0.4, -0.2) is 40.2 Å². The van der Waals surface area contributed by atoms with Gasteiger partial charge in [-0.25, -0.2) is 9.48 Å². The van der Waals surface area contributed by atoms with Gasteiger partial charge in [0.1, 0.15) is 10.7 Å². The van der Waals surface area contributed by atoms with Crippen molar-refractivity contribution in [2.45, 2.75) is 20.0 Å². The van der Waals surface area contributed by atoms with Crippen LogP contribution < -0.4 is 0 Å². The van der Waals surface area contributed by atoms with E-state index in [1.54, 1.807) is 30.0 Å². The second-order valence-electron chi connectivity index (χ2n) is 6.30. The summed E-state index contributed by atoms with van der Waals surface area (Å²) in [5.74, 6) is -0.938. The number of esters is 1. The number of aromatic nitrogens is 2. The minimum absolute atomic E-state index is 0.186. The molecule has 0 N–H and O–H groups in total. The number of ether oxygens (including phenoxy) is 1. The largest absolute Gasteiger partial charge is 0.452 e. The summed E-state index contributed by atoms with van der Waals surface area (Å²) in [5, 5.41) is 6.48. The molecule has 1 aromatic carbocycles. The Morgan fingerprint density at radius 1 is 1.21 bits per heavy atom. The van der Waals surface area contributed by atoms with E-state index in [2.05, 4.69) is 5.10 Å². The van der Waals surface area contributed by atoms with Gasteiger partial charge in [-0.15, -0.1) is 11.3 Å². The van der Waals surface area contributed by atoms with Crippen molar-refractivity contribution >= 4 is 34.8 Å². The minimum atomic E-state index is -0.653. The number of carbonyl (C=O) groups is 2. The predicted molar refractivity (Wildman–Crippen MR) is 109 cm³/mol. The summed E-state index contributed by atoms with van der Waals surface area (Å²) in [7, 11) is 1.67. The third kappa shape index (κ3) is 4.79. The molecule has 0 bridgehead atoms. The van der Waals surface area contributed by atoms with Gasteiger partial charge in [-0.1, -0.05) is 48.0 Å². The zero-order valence-electron chi connectivity index (χ0n) is 15.6. The first-order chi connectivity index (χ1) is 13.5. The van der Waals surface area contributed by atoms with Crippen LogP contribution in [0.4, 0.5) is 0 Å². The summed E-state index contributed by atoms with van der Waals surface area (Å²) >= 11 is 7.92. The van der Waals surface area contributed by atoms with Crippen molar-refractivity contribution in [1.82, 2.24) is 14.7 Å². The molecule has 0 aliphatic heterocycles. The Hall–Kier alpha value is -2.64. The van der Waals surface area contributed by atoms with E-state index >= 15 is 0 Å². The minimum Gasteiger partial charge on any atom is -0.452 e. The lowest BCUT2D eigenvalue weighted by molar-refractivity contribution is -0.133. The molecule has 2 aromatic heterocycles. The van der Waals surface area contributed by atoms with Crippen molar-refractivity contribution in [1.29, 1.82) is 0 Å². The molecular formula is C20H20ClN3O3S. The average molecular weight is 418 g/mol. The molecule has 0 radical (unpaired) electrons. The van der Waals surface area contributed by atoms with Gasteiger partial charge in [-0.2, -0.15) is 5.10 Å². The lowest BCUT2D eigenvalue weighted by atomic mass is 10.2. The molecule has 0 spiro atoms. The topological polar surface area (TPSA) is 64.4 Å². The van der Waals surface area contributed by atoms with E-state index in [1.165, 1.54) is 4.90 Å². The van der Waals surface area contributed by atoms with Crippen molar-refractivity contribution in [3.63, 3.8) is 0 Å². The summed E-state index contributed by atoms with van der Waals surface area (Å²) in [6.07, 6.45) is 0. The van der Waals surface area contributed by atoms with Gasteiger partial charge in [-0.05, 0) is 23.9 Å². The van der Waals surface area contributed by atoms with E-state index in [-0.39, 0.29) is 23.2 Å². The maximum atomic E-state index is 12.5. The first kappa shape index (κ1) is 20.1. The van der Waals surface area contributed by atoms with Crippen LogP contribution in [-0.2, 0) is 22.6 Å². The number of benzene rings is 1. The van der Waals surface area contributed by atoms with Crippen molar-refractivity contribution in [2.75, 3.05) is 13.7 Å². The highest BCUT2D eigenvalue weighted by Crippen LogP contribution is 2.22. The average Bonchev–Trinajstić information content (AvgIpc) is 3.28. The van der Waals surface area contributed by atoms with Gasteiger partial charge in [0.15, 0.2) is 6.61 Å². The normalized spacial score (nSPS) is 10.7. The highest BCUT2D eigenvalue weighted by molar-refractivity contribution is 7.09. The van der Waals surface area contributed by atoms with Crippen LogP contribution >= 0.6 is 22.9 Å². The first-order valence-corrected chi connectivity index (χ1v) is 9.91. The maximum Gasteiger partial charge on any atom is 0.343 e. The van der Waals surface area contributed by atoms with Gasteiger partial charge in [0, 0.05) is 11.9 Å². The molecule has 0 fully saturated rings. The molecular weight excluding hydrogens is 398 g/mol. The Labute approximate surface area is 172 Å². The molecule has 146 valence electrons. The summed E-state index contributed by atoms with van der Waals surface area (Å²) in [6, 6.07) is 13.6. The molecule has 3 aromatic rings. The van der Waals surface area contributed by atoms with Crippen LogP contribution in [0.5, 0.6) is 0 Å². The Morgan fingerprint density at radius 2 is 1.96 bits per heavy atom. The lowest BCUT2D eigenvalue weighted by Gasteiger charge is -2.16. The molecule has 0 saturated carbocycles. The van der Waals surface area contributed by atoms with Crippen LogP contribution in [0.1, 0.15) is 26.5 Å². The number of hydrogen-bond acceptors (Lipinski definition) is 5. The lowest BCUT2D eigenvalue weighted by Crippen LogP contribution is -2.30. The van der Waals surface area contributed by atoms with Crippen LogP contribution in [0.25, 0.3) is 0 Å². The van der Waals surface area contributed by atoms with E-state index in [9.17, 15) is 9.59 Å². The Balaban J connectivity index is 1.61. The van der Waals surface area contributed by atoms with Gasteiger partial charge in [0.2, 0.25) is 0 Å². The monoisotopic (exact) mass is 417 g/mol. The summed E-state index contributed by atoms with van der Waals surface area (Å²) < 4.78 is 6.74. The number of aryl methyl sites for hydroxylation is 1.